The molecule has 2 aromatic rings. The van der Waals surface area contributed by atoms with Crippen molar-refractivity contribution in [3.05, 3.63) is 50.4 Å². The lowest BCUT2D eigenvalue weighted by Crippen LogP contribution is -2.23. The fourth-order valence-electron chi connectivity index (χ4n) is 2.80. The molecule has 1 aromatic heterocycles. The third-order valence-electron chi connectivity index (χ3n) is 3.98. The number of hydrogen-bond donors (Lipinski definition) is 2. The highest BCUT2D eigenvalue weighted by Gasteiger charge is 2.26. The van der Waals surface area contributed by atoms with Crippen LogP contribution in [0.15, 0.2) is 12.1 Å². The molecule has 142 valence electrons. The Bertz CT molecular complexity index is 961. The van der Waals surface area contributed by atoms with Crippen LogP contribution in [-0.2, 0) is 22.4 Å². The number of carbonyl (C=O) groups is 3. The summed E-state index contributed by atoms with van der Waals surface area (Å²) in [5.74, 6) is -4.91. The van der Waals surface area contributed by atoms with Crippen molar-refractivity contribution in [1.29, 1.82) is 0 Å². The average molecular weight is 415 g/mol. The maximum absolute atomic E-state index is 13.2. The lowest BCUT2D eigenvalue weighted by Gasteiger charge is -2.08. The number of primary amides is 1. The molecule has 6 nitrogen and oxygen atoms in total. The van der Waals surface area contributed by atoms with Crippen molar-refractivity contribution in [3.8, 4) is 0 Å². The maximum atomic E-state index is 13.2. The summed E-state index contributed by atoms with van der Waals surface area (Å²) in [4.78, 5) is 36.7. The molecule has 0 radical (unpaired) electrons. The van der Waals surface area contributed by atoms with Gasteiger partial charge in [-0.25, -0.2) is 13.6 Å². The van der Waals surface area contributed by atoms with Gasteiger partial charge in [-0.05, 0) is 37.0 Å². The van der Waals surface area contributed by atoms with Crippen molar-refractivity contribution in [2.24, 2.45) is 5.73 Å². The van der Waals surface area contributed by atoms with E-state index in [1.54, 1.807) is 0 Å². The molecule has 1 heterocycles. The second-order valence-corrected chi connectivity index (χ2v) is 7.31. The molecule has 0 spiro atoms. The Hall–Kier alpha value is -2.52. The highest BCUT2D eigenvalue weighted by molar-refractivity contribution is 7.17. The van der Waals surface area contributed by atoms with Gasteiger partial charge in [-0.15, -0.1) is 11.3 Å². The Balaban J connectivity index is 1.67. The summed E-state index contributed by atoms with van der Waals surface area (Å²) in [7, 11) is 0. The number of benzene rings is 1. The first-order valence-corrected chi connectivity index (χ1v) is 9.03. The quantitative estimate of drug-likeness (QED) is 0.580. The molecular formula is C17H13ClF2N2O4S. The highest BCUT2D eigenvalue weighted by Crippen LogP contribution is 2.38. The van der Waals surface area contributed by atoms with Crippen molar-refractivity contribution in [3.63, 3.8) is 0 Å². The number of carbonyl (C=O) groups excluding carboxylic acids is 3. The number of nitrogens with one attached hydrogen (secondary N) is 1. The molecular weight excluding hydrogens is 402 g/mol. The molecule has 1 aliphatic carbocycles. The van der Waals surface area contributed by atoms with Gasteiger partial charge in [0.15, 0.2) is 18.2 Å². The molecule has 27 heavy (non-hydrogen) atoms. The maximum Gasteiger partial charge on any atom is 0.340 e. The summed E-state index contributed by atoms with van der Waals surface area (Å²) in [6, 6.07) is 1.23. The fourth-order valence-corrected chi connectivity index (χ4v) is 4.34. The number of ether oxygens (including phenoxy) is 1. The number of halogens is 3. The zero-order chi connectivity index (χ0) is 19.7. The average Bonchev–Trinajstić information content (AvgIpc) is 3.16. The van der Waals surface area contributed by atoms with Gasteiger partial charge in [-0.1, -0.05) is 11.6 Å². The number of aryl methyl sites for hydroxylation is 1. The topological polar surface area (TPSA) is 98.5 Å². The molecule has 3 rings (SSSR count). The van der Waals surface area contributed by atoms with Gasteiger partial charge in [-0.2, -0.15) is 0 Å². The molecule has 0 saturated carbocycles. The van der Waals surface area contributed by atoms with Crippen LogP contribution in [0.4, 0.5) is 13.8 Å². The van der Waals surface area contributed by atoms with Crippen LogP contribution in [0.2, 0.25) is 5.02 Å². The number of anilines is 1. The molecule has 3 N–H and O–H groups in total. The number of nitrogens with two attached hydrogens (primary N) is 1. The van der Waals surface area contributed by atoms with E-state index < -0.39 is 41.6 Å². The minimum absolute atomic E-state index is 0.274. The van der Waals surface area contributed by atoms with Crippen LogP contribution in [0.25, 0.3) is 0 Å². The van der Waals surface area contributed by atoms with Crippen molar-refractivity contribution in [2.75, 3.05) is 11.9 Å². The molecule has 2 amide bonds. The molecule has 0 bridgehead atoms. The molecule has 0 atom stereocenters. The number of rotatable bonds is 5. The molecule has 10 heteroatoms. The lowest BCUT2D eigenvalue weighted by molar-refractivity contribution is -0.119. The van der Waals surface area contributed by atoms with E-state index in [2.05, 4.69) is 5.32 Å². The second-order valence-electron chi connectivity index (χ2n) is 5.80. The third kappa shape index (κ3) is 3.93. The number of esters is 1. The summed E-state index contributed by atoms with van der Waals surface area (Å²) in [6.07, 6.45) is 2.44. The zero-order valence-corrected chi connectivity index (χ0v) is 15.3. The van der Waals surface area contributed by atoms with Gasteiger partial charge in [0, 0.05) is 4.88 Å². The van der Waals surface area contributed by atoms with Crippen molar-refractivity contribution >= 4 is 45.7 Å². The van der Waals surface area contributed by atoms with Gasteiger partial charge < -0.3 is 15.8 Å². The lowest BCUT2D eigenvalue weighted by atomic mass is 10.1. The van der Waals surface area contributed by atoms with Crippen LogP contribution in [0.3, 0.4) is 0 Å². The highest BCUT2D eigenvalue weighted by atomic mass is 35.5. The van der Waals surface area contributed by atoms with E-state index in [0.717, 1.165) is 23.3 Å². The predicted octanol–water partition coefficient (Wildman–Crippen LogP) is 3.06. The fraction of sp³-hybridized carbons (Fsp3) is 0.235. The van der Waals surface area contributed by atoms with Gasteiger partial charge in [-0.3, -0.25) is 9.59 Å². The van der Waals surface area contributed by atoms with Crippen molar-refractivity contribution in [1.82, 2.24) is 0 Å². The number of fused-ring (bicyclic) bond motifs is 1. The zero-order valence-electron chi connectivity index (χ0n) is 13.7. The van der Waals surface area contributed by atoms with E-state index >= 15 is 0 Å². The largest absolute Gasteiger partial charge is 0.452 e. The van der Waals surface area contributed by atoms with Gasteiger partial charge in [0.05, 0.1) is 16.1 Å². The van der Waals surface area contributed by atoms with E-state index in [9.17, 15) is 23.2 Å². The SMILES string of the molecule is NC(=O)c1c(NC(=O)COC(=O)c2cc(F)c(F)cc2Cl)sc2c1CCC2. The van der Waals surface area contributed by atoms with Crippen molar-refractivity contribution in [2.45, 2.75) is 19.3 Å². The Morgan fingerprint density at radius 1 is 1.22 bits per heavy atom. The van der Waals surface area contributed by atoms with Gasteiger partial charge >= 0.3 is 5.97 Å². The van der Waals surface area contributed by atoms with E-state index in [0.29, 0.717) is 23.6 Å². The van der Waals surface area contributed by atoms with Gasteiger partial charge in [0.1, 0.15) is 5.00 Å². The molecule has 0 aliphatic heterocycles. The normalized spacial score (nSPS) is 12.6. The van der Waals surface area contributed by atoms with Crippen LogP contribution < -0.4 is 11.1 Å². The smallest absolute Gasteiger partial charge is 0.340 e. The third-order valence-corrected chi connectivity index (χ3v) is 5.50. The van der Waals surface area contributed by atoms with Crippen LogP contribution in [-0.4, -0.2) is 24.4 Å². The van der Waals surface area contributed by atoms with Crippen LogP contribution in [0.5, 0.6) is 0 Å². The van der Waals surface area contributed by atoms with E-state index in [1.807, 2.05) is 0 Å². The molecule has 0 fully saturated rings. The van der Waals surface area contributed by atoms with Crippen LogP contribution >= 0.6 is 22.9 Å². The Morgan fingerprint density at radius 3 is 2.63 bits per heavy atom. The summed E-state index contributed by atoms with van der Waals surface area (Å²) >= 11 is 6.94. The van der Waals surface area contributed by atoms with Crippen molar-refractivity contribution < 1.29 is 27.9 Å². The summed E-state index contributed by atoms with van der Waals surface area (Å²) in [5, 5.41) is 2.46. The minimum atomic E-state index is -1.27. The molecule has 1 aliphatic rings. The second kappa shape index (κ2) is 7.61. The standard InChI is InChI=1S/C17H13ClF2N2O4S/c18-9-5-11(20)10(19)4-8(9)17(25)26-6-13(23)22-16-14(15(21)24)7-2-1-3-12(7)27-16/h4-5H,1-3,6H2,(H2,21,24)(H,22,23). The first kappa shape index (κ1) is 19.2. The summed E-state index contributed by atoms with van der Waals surface area (Å²) in [5.41, 5.74) is 6.11. The summed E-state index contributed by atoms with van der Waals surface area (Å²) < 4.78 is 31.1. The Kier molecular flexibility index (Phi) is 5.43. The minimum Gasteiger partial charge on any atom is -0.452 e. The predicted molar refractivity (Wildman–Crippen MR) is 95.1 cm³/mol. The van der Waals surface area contributed by atoms with Gasteiger partial charge in [0.2, 0.25) is 0 Å². The Morgan fingerprint density at radius 2 is 1.93 bits per heavy atom. The van der Waals surface area contributed by atoms with Crippen LogP contribution in [0, 0.1) is 11.6 Å². The van der Waals surface area contributed by atoms with E-state index in [4.69, 9.17) is 22.1 Å². The summed E-state index contributed by atoms with van der Waals surface area (Å²) in [6.45, 7) is -0.699. The van der Waals surface area contributed by atoms with Gasteiger partial charge in [0.25, 0.3) is 11.8 Å². The molecule has 0 saturated heterocycles. The monoisotopic (exact) mass is 414 g/mol. The number of hydrogen-bond acceptors (Lipinski definition) is 5. The molecule has 0 unspecified atom stereocenters. The first-order valence-electron chi connectivity index (χ1n) is 7.83. The number of amides is 2. The van der Waals surface area contributed by atoms with E-state index in [-0.39, 0.29) is 10.6 Å². The molecule has 1 aromatic carbocycles. The van der Waals surface area contributed by atoms with E-state index in [1.165, 1.54) is 11.3 Å². The Labute approximate surface area is 161 Å². The first-order chi connectivity index (χ1) is 12.8. The van der Waals surface area contributed by atoms with Crippen LogP contribution in [0.1, 0.15) is 37.6 Å². The number of thiophene rings is 1.